The molecule has 1 saturated carbocycles. The summed E-state index contributed by atoms with van der Waals surface area (Å²) in [4.78, 5) is 19.8. The van der Waals surface area contributed by atoms with Crippen LogP contribution < -0.4 is 16.2 Å². The van der Waals surface area contributed by atoms with E-state index in [1.807, 2.05) is 12.1 Å². The number of benzene rings is 2. The zero-order valence-electron chi connectivity index (χ0n) is 23.8. The number of alkyl halides is 2. The van der Waals surface area contributed by atoms with E-state index in [0.29, 0.717) is 74.3 Å². The van der Waals surface area contributed by atoms with Gasteiger partial charge in [0.1, 0.15) is 17.3 Å². The molecule has 12 heteroatoms. The summed E-state index contributed by atoms with van der Waals surface area (Å²) < 4.78 is 29.1. The van der Waals surface area contributed by atoms with Gasteiger partial charge >= 0.3 is 0 Å². The van der Waals surface area contributed by atoms with E-state index in [0.717, 1.165) is 0 Å². The van der Waals surface area contributed by atoms with Gasteiger partial charge in [-0.2, -0.15) is 5.26 Å². The van der Waals surface area contributed by atoms with Crippen LogP contribution in [0.3, 0.4) is 0 Å². The summed E-state index contributed by atoms with van der Waals surface area (Å²) in [6.45, 7) is 6.85. The van der Waals surface area contributed by atoms with Gasteiger partial charge in [0.15, 0.2) is 0 Å². The molecule has 0 spiro atoms. The number of fused-ring (bicyclic) bond motifs is 2. The van der Waals surface area contributed by atoms with Gasteiger partial charge < -0.3 is 15.6 Å². The highest BCUT2D eigenvalue weighted by Gasteiger charge is 2.54. The Labute approximate surface area is 250 Å². The van der Waals surface area contributed by atoms with Crippen LogP contribution in [0.5, 0.6) is 0 Å². The number of rotatable bonds is 8. The number of anilines is 2. The lowest BCUT2D eigenvalue weighted by Gasteiger charge is -2.23. The highest BCUT2D eigenvalue weighted by atomic mass is 35.5. The summed E-state index contributed by atoms with van der Waals surface area (Å²) in [5.74, 6) is 0. The summed E-state index contributed by atoms with van der Waals surface area (Å²) in [5, 5.41) is 27.3. The van der Waals surface area contributed by atoms with E-state index in [-0.39, 0.29) is 11.0 Å². The van der Waals surface area contributed by atoms with Crippen LogP contribution in [0.15, 0.2) is 59.8 Å². The first-order valence-electron chi connectivity index (χ1n) is 13.8. The van der Waals surface area contributed by atoms with Gasteiger partial charge in [-0.05, 0) is 53.5 Å². The molecule has 9 nitrogen and oxygen atoms in total. The largest absolute Gasteiger partial charge is 0.383 e. The minimum absolute atomic E-state index is 0.0672. The maximum atomic E-state index is 13.9. The Bertz CT molecular complexity index is 1950. The van der Waals surface area contributed by atoms with Gasteiger partial charge in [0.25, 0.3) is 12.0 Å². The van der Waals surface area contributed by atoms with Gasteiger partial charge in [-0.3, -0.25) is 9.78 Å². The van der Waals surface area contributed by atoms with Crippen LogP contribution in [-0.2, 0) is 5.54 Å². The maximum absolute atomic E-state index is 13.9. The van der Waals surface area contributed by atoms with Crippen LogP contribution in [0, 0.1) is 16.7 Å². The molecule has 6 rings (SSSR count). The molecule has 0 amide bonds. The number of pyridine rings is 2. The van der Waals surface area contributed by atoms with Crippen LogP contribution in [0.2, 0.25) is 5.02 Å². The molecule has 0 radical (unpaired) electrons. The molecule has 3 heterocycles. The number of aromatic amines is 1. The van der Waals surface area contributed by atoms with Crippen LogP contribution >= 0.6 is 11.6 Å². The lowest BCUT2D eigenvalue weighted by atomic mass is 9.96. The molecule has 1 aliphatic carbocycles. The van der Waals surface area contributed by atoms with Crippen molar-refractivity contribution in [3.63, 3.8) is 0 Å². The van der Waals surface area contributed by atoms with Crippen molar-refractivity contribution in [3.8, 4) is 6.07 Å². The molecular formula is C31H29ClF2N8O. The molecule has 5 aromatic rings. The van der Waals surface area contributed by atoms with Crippen molar-refractivity contribution in [2.24, 2.45) is 5.41 Å². The molecule has 1 unspecified atom stereocenters. The first-order chi connectivity index (χ1) is 20.5. The summed E-state index contributed by atoms with van der Waals surface area (Å²) in [5.41, 5.74) is 1.50. The van der Waals surface area contributed by atoms with Gasteiger partial charge in [-0.1, -0.05) is 49.7 Å². The Morgan fingerprint density at radius 1 is 1.19 bits per heavy atom. The van der Waals surface area contributed by atoms with Crippen molar-refractivity contribution in [1.29, 1.82) is 5.26 Å². The fourth-order valence-electron chi connectivity index (χ4n) is 5.25. The van der Waals surface area contributed by atoms with Crippen molar-refractivity contribution in [1.82, 2.24) is 25.0 Å². The normalized spacial score (nSPS) is 15.0. The van der Waals surface area contributed by atoms with Crippen molar-refractivity contribution in [3.05, 3.63) is 87.2 Å². The second kappa shape index (κ2) is 10.6. The number of hydrogen-bond donors (Lipinski definition) is 3. The number of nitrogens with zero attached hydrogens (tertiary/aromatic N) is 5. The number of aromatic nitrogens is 5. The third-order valence-corrected chi connectivity index (χ3v) is 8.03. The van der Waals surface area contributed by atoms with Crippen LogP contribution in [0.25, 0.3) is 21.7 Å². The lowest BCUT2D eigenvalue weighted by molar-refractivity contribution is 0.0593. The molecule has 43 heavy (non-hydrogen) atoms. The molecule has 1 atom stereocenters. The summed E-state index contributed by atoms with van der Waals surface area (Å²) in [6, 6.07) is 12.2. The Hall–Kier alpha value is -4.56. The van der Waals surface area contributed by atoms with E-state index < -0.39 is 18.0 Å². The van der Waals surface area contributed by atoms with Gasteiger partial charge in [0, 0.05) is 35.4 Å². The molecule has 3 N–H and O–H groups in total. The Morgan fingerprint density at radius 3 is 2.67 bits per heavy atom. The van der Waals surface area contributed by atoms with E-state index >= 15 is 0 Å². The number of nitriles is 1. The quantitative estimate of drug-likeness (QED) is 0.183. The van der Waals surface area contributed by atoms with E-state index in [4.69, 9.17) is 11.6 Å². The SMILES string of the molecule is CC(C)(C)CNc1c(C#N)cnc2c(Cl)cc(NC(c3cn(C4(C(F)F)CC4)nn3)c3cccc4c(=O)[nH]ccc34)cc12. The smallest absolute Gasteiger partial charge is 0.263 e. The number of nitrogens with one attached hydrogen (secondary N) is 3. The number of hydrogen-bond acceptors (Lipinski definition) is 7. The van der Waals surface area contributed by atoms with Gasteiger partial charge in [-0.25, -0.2) is 13.5 Å². The summed E-state index contributed by atoms with van der Waals surface area (Å²) in [7, 11) is 0. The van der Waals surface area contributed by atoms with Crippen LogP contribution in [0.1, 0.15) is 56.5 Å². The third-order valence-electron chi connectivity index (χ3n) is 7.74. The second-order valence-electron chi connectivity index (χ2n) is 12.1. The van der Waals surface area contributed by atoms with Crippen molar-refractivity contribution >= 4 is 44.7 Å². The highest BCUT2D eigenvalue weighted by molar-refractivity contribution is 6.35. The molecule has 0 bridgehead atoms. The van der Waals surface area contributed by atoms with E-state index in [2.05, 4.69) is 57.8 Å². The summed E-state index contributed by atoms with van der Waals surface area (Å²) in [6.07, 6.45) is 2.65. The molecular weight excluding hydrogens is 574 g/mol. The maximum Gasteiger partial charge on any atom is 0.263 e. The lowest BCUT2D eigenvalue weighted by Crippen LogP contribution is -2.26. The molecule has 0 saturated heterocycles. The molecule has 220 valence electrons. The monoisotopic (exact) mass is 602 g/mol. The standard InChI is InChI=1S/C31H29ClF2N8O/c1-30(2,3)16-38-25-17(13-35)14-37-26-22(25)11-18(12-23(26)32)39-27(20-5-4-6-21-19(20)7-10-36-28(21)43)24-15-42(41-40-24)31(8-9-31)29(33)34/h4-7,10-12,14-15,27,29,39H,8-9,16H2,1-3H3,(H,36,43)(H,37,38). The van der Waals surface area contributed by atoms with Gasteiger partial charge in [0.05, 0.1) is 34.0 Å². The average molecular weight is 603 g/mol. The zero-order valence-corrected chi connectivity index (χ0v) is 24.5. The second-order valence-corrected chi connectivity index (χ2v) is 12.5. The fourth-order valence-corrected chi connectivity index (χ4v) is 5.52. The van der Waals surface area contributed by atoms with Crippen LogP contribution in [-0.4, -0.2) is 37.9 Å². The molecule has 1 fully saturated rings. The number of halogens is 3. The minimum atomic E-state index is -2.58. The number of H-pyrrole nitrogens is 1. The van der Waals surface area contributed by atoms with Crippen molar-refractivity contribution in [2.75, 3.05) is 17.2 Å². The molecule has 2 aromatic carbocycles. The highest BCUT2D eigenvalue weighted by Crippen LogP contribution is 2.48. The zero-order chi connectivity index (χ0) is 30.5. The minimum Gasteiger partial charge on any atom is -0.383 e. The first kappa shape index (κ1) is 28.6. The van der Waals surface area contributed by atoms with Crippen LogP contribution in [0.4, 0.5) is 20.2 Å². The Kier molecular flexibility index (Phi) is 7.05. The van der Waals surface area contributed by atoms with Gasteiger partial charge in [-0.15, -0.1) is 5.10 Å². The summed E-state index contributed by atoms with van der Waals surface area (Å²) >= 11 is 6.74. The van der Waals surface area contributed by atoms with Gasteiger partial charge in [0.2, 0.25) is 0 Å². The average Bonchev–Trinajstić information content (AvgIpc) is 3.64. The fraction of sp³-hybridized carbons (Fsp3) is 0.323. The van der Waals surface area contributed by atoms with Crippen molar-refractivity contribution in [2.45, 2.75) is 51.6 Å². The Balaban J connectivity index is 1.50. The predicted molar refractivity (Wildman–Crippen MR) is 163 cm³/mol. The molecule has 3 aromatic heterocycles. The molecule has 1 aliphatic rings. The third kappa shape index (κ3) is 5.27. The topological polar surface area (TPSA) is 124 Å². The first-order valence-corrected chi connectivity index (χ1v) is 14.2. The predicted octanol–water partition coefficient (Wildman–Crippen LogP) is 6.61. The van der Waals surface area contributed by atoms with E-state index in [9.17, 15) is 18.8 Å². The van der Waals surface area contributed by atoms with Crippen molar-refractivity contribution < 1.29 is 8.78 Å². The molecule has 0 aliphatic heterocycles. The van der Waals surface area contributed by atoms with E-state index in [1.54, 1.807) is 30.5 Å². The van der Waals surface area contributed by atoms with E-state index in [1.165, 1.54) is 17.1 Å². The Morgan fingerprint density at radius 2 is 1.98 bits per heavy atom.